The Morgan fingerprint density at radius 3 is 2.68 bits per heavy atom. The molecule has 0 radical (unpaired) electrons. The smallest absolute Gasteiger partial charge is 0.313 e. The highest BCUT2D eigenvalue weighted by atomic mass is 32.2. The molecule has 0 bridgehead atoms. The highest BCUT2D eigenvalue weighted by Crippen LogP contribution is 2.26. The summed E-state index contributed by atoms with van der Waals surface area (Å²) in [5, 5.41) is 9.57. The van der Waals surface area contributed by atoms with Gasteiger partial charge in [-0.1, -0.05) is 38.5 Å². The van der Waals surface area contributed by atoms with Crippen LogP contribution in [0, 0.1) is 12.8 Å². The minimum Gasteiger partial charge on any atom is -0.481 e. The van der Waals surface area contributed by atoms with Crippen LogP contribution < -0.4 is 0 Å². The van der Waals surface area contributed by atoms with Gasteiger partial charge in [-0.05, 0) is 26.2 Å². The number of nitrogens with zero attached hydrogens (tertiary/aromatic N) is 2. The Morgan fingerprint density at radius 1 is 1.42 bits per heavy atom. The molecule has 0 aliphatic rings. The van der Waals surface area contributed by atoms with E-state index in [1.54, 1.807) is 0 Å². The maximum Gasteiger partial charge on any atom is 0.313 e. The third kappa shape index (κ3) is 5.27. The van der Waals surface area contributed by atoms with Gasteiger partial charge in [-0.2, -0.15) is 0 Å². The highest BCUT2D eigenvalue weighted by Gasteiger charge is 2.14. The number of carbonyl (C=O) groups is 1. The van der Waals surface area contributed by atoms with Gasteiger partial charge in [0.05, 0.1) is 5.75 Å². The summed E-state index contributed by atoms with van der Waals surface area (Å²) < 4.78 is 2.16. The molecular weight excluding hydrogens is 260 g/mol. The molecule has 108 valence electrons. The number of aryl methyl sites for hydroxylation is 1. The molecule has 1 heterocycles. The first-order chi connectivity index (χ1) is 8.91. The number of aromatic nitrogens is 2. The molecule has 19 heavy (non-hydrogen) atoms. The molecule has 1 N–H and O–H groups in total. The van der Waals surface area contributed by atoms with E-state index < -0.39 is 5.97 Å². The van der Waals surface area contributed by atoms with Crippen LogP contribution in [0.1, 0.15) is 51.8 Å². The Balaban J connectivity index is 2.64. The average molecular weight is 284 g/mol. The van der Waals surface area contributed by atoms with Gasteiger partial charge >= 0.3 is 5.97 Å². The lowest BCUT2D eigenvalue weighted by Crippen LogP contribution is -2.10. The van der Waals surface area contributed by atoms with Crippen LogP contribution in [-0.2, 0) is 4.79 Å². The second kappa shape index (κ2) is 7.58. The van der Waals surface area contributed by atoms with Gasteiger partial charge in [0.25, 0.3) is 0 Å². The van der Waals surface area contributed by atoms with Crippen LogP contribution in [0.15, 0.2) is 11.4 Å². The van der Waals surface area contributed by atoms with Gasteiger partial charge in [0.2, 0.25) is 0 Å². The zero-order valence-corrected chi connectivity index (χ0v) is 13.0. The Bertz CT molecular complexity index is 416. The second-order valence-electron chi connectivity index (χ2n) is 5.41. The molecule has 4 nitrogen and oxygen atoms in total. The van der Waals surface area contributed by atoms with Crippen LogP contribution in [0.3, 0.4) is 0 Å². The maximum atomic E-state index is 10.6. The van der Waals surface area contributed by atoms with Gasteiger partial charge in [0.15, 0.2) is 5.16 Å². The molecule has 1 aromatic heterocycles. The average Bonchev–Trinajstić information content (AvgIpc) is 2.67. The first-order valence-electron chi connectivity index (χ1n) is 6.80. The summed E-state index contributed by atoms with van der Waals surface area (Å²) in [6, 6.07) is 0.373. The first-order valence-corrected chi connectivity index (χ1v) is 7.78. The van der Waals surface area contributed by atoms with E-state index in [9.17, 15) is 4.79 Å². The molecule has 5 heteroatoms. The second-order valence-corrected chi connectivity index (χ2v) is 6.35. The molecule has 1 atom stereocenters. The molecule has 1 unspecified atom stereocenters. The van der Waals surface area contributed by atoms with Crippen molar-refractivity contribution in [3.8, 4) is 0 Å². The summed E-state index contributed by atoms with van der Waals surface area (Å²) in [6.45, 7) is 8.68. The van der Waals surface area contributed by atoms with Gasteiger partial charge in [-0.3, -0.25) is 4.79 Å². The van der Waals surface area contributed by atoms with E-state index in [1.807, 2.05) is 13.1 Å². The normalized spacial score (nSPS) is 12.9. The lowest BCUT2D eigenvalue weighted by molar-refractivity contribution is -0.133. The fourth-order valence-corrected chi connectivity index (χ4v) is 2.99. The van der Waals surface area contributed by atoms with E-state index in [0.717, 1.165) is 23.2 Å². The van der Waals surface area contributed by atoms with Crippen molar-refractivity contribution in [2.45, 2.75) is 58.2 Å². The zero-order chi connectivity index (χ0) is 14.4. The summed E-state index contributed by atoms with van der Waals surface area (Å²) in [7, 11) is 0. The summed E-state index contributed by atoms with van der Waals surface area (Å²) >= 11 is 1.30. The number of thioether (sulfide) groups is 1. The fraction of sp³-hybridized carbons (Fsp3) is 0.714. The van der Waals surface area contributed by atoms with Gasteiger partial charge in [0.1, 0.15) is 0 Å². The quantitative estimate of drug-likeness (QED) is 0.739. The highest BCUT2D eigenvalue weighted by molar-refractivity contribution is 7.99. The van der Waals surface area contributed by atoms with Crippen molar-refractivity contribution in [2.24, 2.45) is 5.92 Å². The molecule has 0 saturated carbocycles. The number of hydrogen-bond donors (Lipinski definition) is 1. The molecule has 0 aromatic carbocycles. The SMILES string of the molecule is Cc1cnc(SCC(=O)O)n1C(C)CCCC(C)C. The third-order valence-electron chi connectivity index (χ3n) is 3.12. The molecule has 1 rings (SSSR count). The fourth-order valence-electron chi connectivity index (χ4n) is 2.14. The molecule has 0 aliphatic carbocycles. The molecule has 1 aromatic rings. The predicted molar refractivity (Wildman–Crippen MR) is 78.7 cm³/mol. The third-order valence-corrected chi connectivity index (χ3v) is 4.07. The number of carboxylic acids is 1. The number of aliphatic carboxylic acids is 1. The van der Waals surface area contributed by atoms with Crippen LogP contribution in [-0.4, -0.2) is 26.4 Å². The van der Waals surface area contributed by atoms with E-state index >= 15 is 0 Å². The van der Waals surface area contributed by atoms with Crippen LogP contribution in [0.4, 0.5) is 0 Å². The van der Waals surface area contributed by atoms with Crippen molar-refractivity contribution >= 4 is 17.7 Å². The van der Waals surface area contributed by atoms with Gasteiger partial charge in [-0.25, -0.2) is 4.98 Å². The van der Waals surface area contributed by atoms with Crippen molar-refractivity contribution in [1.29, 1.82) is 0 Å². The first kappa shape index (κ1) is 16.1. The molecule has 0 fully saturated rings. The summed E-state index contributed by atoms with van der Waals surface area (Å²) in [5.41, 5.74) is 1.10. The van der Waals surface area contributed by atoms with E-state index in [-0.39, 0.29) is 5.75 Å². The molecule has 0 saturated heterocycles. The number of carboxylic acid groups (broad SMARTS) is 1. The van der Waals surface area contributed by atoms with E-state index in [2.05, 4.69) is 30.3 Å². The maximum absolute atomic E-state index is 10.6. The molecule has 0 aliphatic heterocycles. The summed E-state index contributed by atoms with van der Waals surface area (Å²) in [4.78, 5) is 15.0. The van der Waals surface area contributed by atoms with Crippen molar-refractivity contribution in [2.75, 3.05) is 5.75 Å². The zero-order valence-electron chi connectivity index (χ0n) is 12.2. The Kier molecular flexibility index (Phi) is 6.42. The molecule has 0 spiro atoms. The largest absolute Gasteiger partial charge is 0.481 e. The number of imidazole rings is 1. The van der Waals surface area contributed by atoms with Gasteiger partial charge in [0, 0.05) is 17.9 Å². The summed E-state index contributed by atoms with van der Waals surface area (Å²) in [6.07, 6.45) is 5.36. The molecule has 0 amide bonds. The van der Waals surface area contributed by atoms with Crippen LogP contribution in [0.25, 0.3) is 0 Å². The van der Waals surface area contributed by atoms with Crippen molar-refractivity contribution in [3.05, 3.63) is 11.9 Å². The van der Waals surface area contributed by atoms with Crippen molar-refractivity contribution in [3.63, 3.8) is 0 Å². The van der Waals surface area contributed by atoms with Crippen molar-refractivity contribution in [1.82, 2.24) is 9.55 Å². The van der Waals surface area contributed by atoms with Crippen LogP contribution in [0.5, 0.6) is 0 Å². The van der Waals surface area contributed by atoms with Gasteiger partial charge in [-0.15, -0.1) is 0 Å². The topological polar surface area (TPSA) is 55.1 Å². The van der Waals surface area contributed by atoms with E-state index in [0.29, 0.717) is 6.04 Å². The minimum atomic E-state index is -0.801. The van der Waals surface area contributed by atoms with E-state index in [4.69, 9.17) is 5.11 Å². The number of hydrogen-bond acceptors (Lipinski definition) is 3. The standard InChI is InChI=1S/C14H24N2O2S/c1-10(2)6-5-7-11(3)16-12(4)8-15-14(16)19-9-13(17)18/h8,10-11H,5-7,9H2,1-4H3,(H,17,18). The Morgan fingerprint density at radius 2 is 2.11 bits per heavy atom. The summed E-state index contributed by atoms with van der Waals surface area (Å²) in [5.74, 6) is -0.00331. The lowest BCUT2D eigenvalue weighted by atomic mass is 10.0. The van der Waals surface area contributed by atoms with E-state index in [1.165, 1.54) is 24.6 Å². The molecular formula is C14H24N2O2S. The van der Waals surface area contributed by atoms with Crippen molar-refractivity contribution < 1.29 is 9.90 Å². The monoisotopic (exact) mass is 284 g/mol. The lowest BCUT2D eigenvalue weighted by Gasteiger charge is -2.18. The minimum absolute atomic E-state index is 0.0647. The van der Waals surface area contributed by atoms with Crippen LogP contribution in [0.2, 0.25) is 0 Å². The van der Waals surface area contributed by atoms with Gasteiger partial charge < -0.3 is 9.67 Å². The Labute approximate surface area is 119 Å². The Hall–Kier alpha value is -0.970. The number of rotatable bonds is 8. The van der Waals surface area contributed by atoms with Crippen LogP contribution >= 0.6 is 11.8 Å². The predicted octanol–water partition coefficient (Wildman–Crippen LogP) is 3.76.